The zero-order valence-corrected chi connectivity index (χ0v) is 16.4. The third kappa shape index (κ3) is 5.68. The number of carboxylic acid groups (broad SMARTS) is 1. The lowest BCUT2D eigenvalue weighted by Gasteiger charge is -2.18. The topological polar surface area (TPSA) is 146 Å². The number of rotatable bonds is 8. The van der Waals surface area contributed by atoms with Crippen LogP contribution in [-0.4, -0.2) is 40.0 Å². The molecule has 2 atom stereocenters. The lowest BCUT2D eigenvalue weighted by atomic mass is 10.00. The van der Waals surface area contributed by atoms with Gasteiger partial charge in [0.1, 0.15) is 23.9 Å². The standard InChI is InChI=1S/C22H21NO8/c24-17(8-9-23-22(29)30-12-13-4-2-1-3-5-13)19(25)14-6-7-18-15(10-14)11-16(20(26)27)21(28)31-18/h1-7,10-11,17,19,24-25H,8-9,12H2,(H,23,29)(H,26,27). The van der Waals surface area contributed by atoms with Gasteiger partial charge in [0.25, 0.3) is 0 Å². The van der Waals surface area contributed by atoms with Crippen molar-refractivity contribution in [1.29, 1.82) is 0 Å². The van der Waals surface area contributed by atoms with Gasteiger partial charge in [-0.25, -0.2) is 14.4 Å². The van der Waals surface area contributed by atoms with Crippen LogP contribution in [0.15, 0.2) is 63.8 Å². The molecule has 2 unspecified atom stereocenters. The van der Waals surface area contributed by atoms with Gasteiger partial charge in [-0.2, -0.15) is 0 Å². The minimum Gasteiger partial charge on any atom is -0.477 e. The Kier molecular flexibility index (Phi) is 7.01. The molecular formula is C22H21NO8. The summed E-state index contributed by atoms with van der Waals surface area (Å²) in [6.07, 6.45) is -3.11. The summed E-state index contributed by atoms with van der Waals surface area (Å²) in [7, 11) is 0. The van der Waals surface area contributed by atoms with Gasteiger partial charge in [0.2, 0.25) is 0 Å². The Morgan fingerprint density at radius 3 is 2.52 bits per heavy atom. The monoisotopic (exact) mass is 427 g/mol. The van der Waals surface area contributed by atoms with Crippen LogP contribution < -0.4 is 10.9 Å². The number of aromatic carboxylic acids is 1. The molecule has 1 aromatic heterocycles. The third-order valence-electron chi connectivity index (χ3n) is 4.61. The lowest BCUT2D eigenvalue weighted by Crippen LogP contribution is -2.29. The van der Waals surface area contributed by atoms with E-state index in [-0.39, 0.29) is 25.2 Å². The van der Waals surface area contributed by atoms with Crippen molar-refractivity contribution in [3.8, 4) is 0 Å². The van der Waals surface area contributed by atoms with E-state index in [9.17, 15) is 24.6 Å². The highest BCUT2D eigenvalue weighted by atomic mass is 16.5. The summed E-state index contributed by atoms with van der Waals surface area (Å²) in [5.41, 5.74) is -0.206. The molecule has 0 spiro atoms. The number of amides is 1. The van der Waals surface area contributed by atoms with Gasteiger partial charge < -0.3 is 29.8 Å². The van der Waals surface area contributed by atoms with Crippen LogP contribution in [0.2, 0.25) is 0 Å². The van der Waals surface area contributed by atoms with E-state index in [1.165, 1.54) is 18.2 Å². The van der Waals surface area contributed by atoms with E-state index < -0.39 is 35.5 Å². The summed E-state index contributed by atoms with van der Waals surface area (Å²) < 4.78 is 10.0. The zero-order chi connectivity index (χ0) is 22.4. The van der Waals surface area contributed by atoms with Crippen molar-refractivity contribution in [2.75, 3.05) is 6.54 Å². The average Bonchev–Trinajstić information content (AvgIpc) is 2.76. The summed E-state index contributed by atoms with van der Waals surface area (Å²) in [6, 6.07) is 14.6. The minimum atomic E-state index is -1.42. The van der Waals surface area contributed by atoms with Crippen LogP contribution >= 0.6 is 0 Å². The maximum absolute atomic E-state index is 11.7. The van der Waals surface area contributed by atoms with Crippen molar-refractivity contribution in [2.45, 2.75) is 25.2 Å². The Morgan fingerprint density at radius 1 is 1.06 bits per heavy atom. The fourth-order valence-corrected chi connectivity index (χ4v) is 2.95. The molecule has 0 fully saturated rings. The molecule has 0 aliphatic heterocycles. The first-order valence-corrected chi connectivity index (χ1v) is 9.47. The smallest absolute Gasteiger partial charge is 0.407 e. The highest BCUT2D eigenvalue weighted by Crippen LogP contribution is 2.23. The molecule has 3 aromatic rings. The van der Waals surface area contributed by atoms with Gasteiger partial charge in [0.05, 0.1) is 6.10 Å². The fourth-order valence-electron chi connectivity index (χ4n) is 2.95. The van der Waals surface area contributed by atoms with Gasteiger partial charge in [-0.15, -0.1) is 0 Å². The molecular weight excluding hydrogens is 406 g/mol. The molecule has 4 N–H and O–H groups in total. The van der Waals surface area contributed by atoms with E-state index in [1.54, 1.807) is 0 Å². The van der Waals surface area contributed by atoms with Crippen molar-refractivity contribution in [3.05, 3.63) is 81.7 Å². The van der Waals surface area contributed by atoms with E-state index in [4.69, 9.17) is 14.3 Å². The molecule has 0 bridgehead atoms. The predicted molar refractivity (Wildman–Crippen MR) is 110 cm³/mol. The summed E-state index contributed by atoms with van der Waals surface area (Å²) >= 11 is 0. The SMILES string of the molecule is O=C(NCCC(O)C(O)c1ccc2oc(=O)c(C(=O)O)cc2c1)OCc1ccccc1. The normalized spacial score (nSPS) is 12.8. The number of alkyl carbamates (subject to hydrolysis) is 1. The lowest BCUT2D eigenvalue weighted by molar-refractivity contribution is 0.0137. The number of ether oxygens (including phenoxy) is 1. The minimum absolute atomic E-state index is 0.0455. The number of aliphatic hydroxyl groups is 2. The average molecular weight is 427 g/mol. The molecule has 162 valence electrons. The van der Waals surface area contributed by atoms with Crippen LogP contribution in [0.1, 0.15) is 34.0 Å². The van der Waals surface area contributed by atoms with Crippen LogP contribution in [0.25, 0.3) is 11.0 Å². The summed E-state index contributed by atoms with van der Waals surface area (Å²) in [5.74, 6) is -1.42. The van der Waals surface area contributed by atoms with E-state index in [0.29, 0.717) is 10.9 Å². The van der Waals surface area contributed by atoms with E-state index in [1.807, 2.05) is 30.3 Å². The number of hydrogen-bond acceptors (Lipinski definition) is 7. The number of carboxylic acids is 1. The van der Waals surface area contributed by atoms with Crippen LogP contribution in [0, 0.1) is 0 Å². The molecule has 0 saturated heterocycles. The summed E-state index contributed by atoms with van der Waals surface area (Å²) in [4.78, 5) is 34.5. The quantitative estimate of drug-likeness (QED) is 0.400. The highest BCUT2D eigenvalue weighted by molar-refractivity contribution is 5.91. The van der Waals surface area contributed by atoms with Gasteiger partial charge >= 0.3 is 17.7 Å². The van der Waals surface area contributed by atoms with Gasteiger partial charge in [-0.1, -0.05) is 36.4 Å². The highest BCUT2D eigenvalue weighted by Gasteiger charge is 2.20. The molecule has 0 aliphatic rings. The number of benzene rings is 2. The number of fused-ring (bicyclic) bond motifs is 1. The number of hydrogen-bond donors (Lipinski definition) is 4. The van der Waals surface area contributed by atoms with Crippen molar-refractivity contribution in [2.24, 2.45) is 0 Å². The number of carbonyl (C=O) groups is 2. The van der Waals surface area contributed by atoms with Gasteiger partial charge in [0.15, 0.2) is 0 Å². The second-order valence-corrected chi connectivity index (χ2v) is 6.84. The molecule has 0 aliphatic carbocycles. The predicted octanol–water partition coefficient (Wildman–Crippen LogP) is 2.20. The van der Waals surface area contributed by atoms with E-state index >= 15 is 0 Å². The molecule has 31 heavy (non-hydrogen) atoms. The fraction of sp³-hybridized carbons (Fsp3) is 0.227. The van der Waals surface area contributed by atoms with Gasteiger partial charge in [-0.05, 0) is 35.7 Å². The molecule has 9 heteroatoms. The van der Waals surface area contributed by atoms with Crippen LogP contribution in [-0.2, 0) is 11.3 Å². The Bertz CT molecular complexity index is 1130. The molecule has 0 saturated carbocycles. The largest absolute Gasteiger partial charge is 0.477 e. The van der Waals surface area contributed by atoms with Gasteiger partial charge in [0, 0.05) is 11.9 Å². The Hall–Kier alpha value is -3.69. The summed E-state index contributed by atoms with van der Waals surface area (Å²) in [6.45, 7) is 0.181. The van der Waals surface area contributed by atoms with Crippen LogP contribution in [0.5, 0.6) is 0 Å². The second kappa shape index (κ2) is 9.88. The molecule has 0 radical (unpaired) electrons. The zero-order valence-electron chi connectivity index (χ0n) is 16.4. The molecule has 1 heterocycles. The van der Waals surface area contributed by atoms with E-state index in [0.717, 1.165) is 11.6 Å². The van der Waals surface area contributed by atoms with Crippen molar-refractivity contribution in [3.63, 3.8) is 0 Å². The Labute approximate surface area is 176 Å². The maximum atomic E-state index is 11.7. The van der Waals surface area contributed by atoms with Crippen molar-refractivity contribution < 1.29 is 34.1 Å². The first-order chi connectivity index (χ1) is 14.8. The molecule has 9 nitrogen and oxygen atoms in total. The van der Waals surface area contributed by atoms with Crippen LogP contribution in [0.3, 0.4) is 0 Å². The number of aliphatic hydroxyl groups excluding tert-OH is 2. The van der Waals surface area contributed by atoms with E-state index in [2.05, 4.69) is 5.32 Å². The first kappa shape index (κ1) is 22.0. The van der Waals surface area contributed by atoms with Crippen molar-refractivity contribution in [1.82, 2.24) is 5.32 Å². The number of nitrogens with one attached hydrogen (secondary N) is 1. The number of carbonyl (C=O) groups excluding carboxylic acids is 1. The third-order valence-corrected chi connectivity index (χ3v) is 4.61. The summed E-state index contributed by atoms with van der Waals surface area (Å²) in [5, 5.41) is 32.5. The molecule has 3 rings (SSSR count). The maximum Gasteiger partial charge on any atom is 0.407 e. The van der Waals surface area contributed by atoms with Gasteiger partial charge in [-0.3, -0.25) is 0 Å². The second-order valence-electron chi connectivity index (χ2n) is 6.84. The molecule has 1 amide bonds. The first-order valence-electron chi connectivity index (χ1n) is 9.47. The van der Waals surface area contributed by atoms with Crippen LogP contribution in [0.4, 0.5) is 4.79 Å². The molecule has 2 aromatic carbocycles. The van der Waals surface area contributed by atoms with Crippen molar-refractivity contribution >= 4 is 23.0 Å². The Balaban J connectivity index is 1.55. The Morgan fingerprint density at radius 2 is 1.81 bits per heavy atom.